The largest absolute Gasteiger partial charge is 0.376 e. The number of aromatic nitrogens is 2. The first-order valence-corrected chi connectivity index (χ1v) is 7.53. The van der Waals surface area contributed by atoms with Gasteiger partial charge in [0.2, 0.25) is 0 Å². The maximum absolute atomic E-state index is 11.8. The van der Waals surface area contributed by atoms with E-state index >= 15 is 0 Å². The first-order valence-electron chi connectivity index (χ1n) is 7.53. The van der Waals surface area contributed by atoms with Crippen molar-refractivity contribution in [1.82, 2.24) is 15.1 Å². The van der Waals surface area contributed by atoms with E-state index in [9.17, 15) is 4.79 Å². The molecule has 0 unspecified atom stereocenters. The minimum Gasteiger partial charge on any atom is -0.376 e. The number of nitrogens with one attached hydrogen (secondary N) is 2. The number of hydrogen-bond acceptors (Lipinski definition) is 3. The molecule has 2 heterocycles. The summed E-state index contributed by atoms with van der Waals surface area (Å²) in [6, 6.07) is 11.6. The molecular weight excluding hydrogens is 280 g/mol. The molecule has 116 valence electrons. The summed E-state index contributed by atoms with van der Waals surface area (Å²) < 4.78 is 7.26. The molecule has 3 rings (SSSR count). The molecule has 1 aliphatic rings. The smallest absolute Gasteiger partial charge is 0.320 e. The van der Waals surface area contributed by atoms with Gasteiger partial charge in [0.1, 0.15) is 0 Å². The van der Waals surface area contributed by atoms with Crippen molar-refractivity contribution in [3.05, 3.63) is 48.2 Å². The lowest BCUT2D eigenvalue weighted by atomic mass is 10.2. The molecule has 2 amide bonds. The fraction of sp³-hybridized carbons (Fsp3) is 0.375. The summed E-state index contributed by atoms with van der Waals surface area (Å²) in [6.45, 7) is 2.01. The average molecular weight is 300 g/mol. The van der Waals surface area contributed by atoms with Crippen molar-refractivity contribution < 1.29 is 9.53 Å². The van der Waals surface area contributed by atoms with E-state index in [1.54, 1.807) is 10.7 Å². The van der Waals surface area contributed by atoms with Crippen LogP contribution in [0.5, 0.6) is 0 Å². The van der Waals surface area contributed by atoms with E-state index in [0.29, 0.717) is 18.9 Å². The lowest BCUT2D eigenvalue weighted by Gasteiger charge is -2.10. The molecule has 0 aliphatic carbocycles. The lowest BCUT2D eigenvalue weighted by Crippen LogP contribution is -2.35. The van der Waals surface area contributed by atoms with Gasteiger partial charge in [-0.2, -0.15) is 5.10 Å². The molecule has 6 nitrogen and oxygen atoms in total. The van der Waals surface area contributed by atoms with E-state index in [1.165, 1.54) is 5.56 Å². The molecule has 1 atom stereocenters. The van der Waals surface area contributed by atoms with Gasteiger partial charge in [0.15, 0.2) is 5.82 Å². The van der Waals surface area contributed by atoms with Crippen LogP contribution in [0, 0.1) is 0 Å². The first-order chi connectivity index (χ1) is 10.8. The SMILES string of the molecule is O=C(NC[C@@H]1CCCO1)Nc1ccn(Cc2ccccc2)n1. The number of benzene rings is 1. The van der Waals surface area contributed by atoms with Crippen molar-refractivity contribution >= 4 is 11.8 Å². The van der Waals surface area contributed by atoms with Crippen LogP contribution in [0.2, 0.25) is 0 Å². The van der Waals surface area contributed by atoms with E-state index in [-0.39, 0.29) is 12.1 Å². The Morgan fingerprint density at radius 3 is 2.95 bits per heavy atom. The highest BCUT2D eigenvalue weighted by atomic mass is 16.5. The summed E-state index contributed by atoms with van der Waals surface area (Å²) in [5.41, 5.74) is 1.17. The van der Waals surface area contributed by atoms with Gasteiger partial charge < -0.3 is 10.1 Å². The quantitative estimate of drug-likeness (QED) is 0.889. The molecule has 0 spiro atoms. The van der Waals surface area contributed by atoms with Gasteiger partial charge in [-0.15, -0.1) is 0 Å². The number of rotatable bonds is 5. The van der Waals surface area contributed by atoms with Crippen LogP contribution in [0.15, 0.2) is 42.6 Å². The maximum Gasteiger partial charge on any atom is 0.320 e. The standard InChI is InChI=1S/C16H20N4O2/c21-16(17-11-14-7-4-10-22-14)18-15-8-9-20(19-15)12-13-5-2-1-3-6-13/h1-3,5-6,8-9,14H,4,7,10-12H2,(H2,17,18,19,21)/t14-/m0/s1. The Bertz CT molecular complexity index is 606. The molecular formula is C16H20N4O2. The number of hydrogen-bond donors (Lipinski definition) is 2. The Labute approximate surface area is 129 Å². The van der Waals surface area contributed by atoms with Crippen LogP contribution in [0.3, 0.4) is 0 Å². The zero-order valence-electron chi connectivity index (χ0n) is 12.4. The van der Waals surface area contributed by atoms with E-state index in [0.717, 1.165) is 19.4 Å². The van der Waals surface area contributed by atoms with Crippen molar-refractivity contribution in [2.75, 3.05) is 18.5 Å². The molecule has 0 saturated carbocycles. The van der Waals surface area contributed by atoms with Crippen LogP contribution in [-0.2, 0) is 11.3 Å². The second kappa shape index (κ2) is 7.09. The predicted molar refractivity (Wildman–Crippen MR) is 83.8 cm³/mol. The van der Waals surface area contributed by atoms with Crippen molar-refractivity contribution in [2.45, 2.75) is 25.5 Å². The predicted octanol–water partition coefficient (Wildman–Crippen LogP) is 2.23. The number of anilines is 1. The molecule has 6 heteroatoms. The molecule has 1 fully saturated rings. The third kappa shape index (κ3) is 4.08. The molecule has 1 aromatic heterocycles. The highest BCUT2D eigenvalue weighted by Crippen LogP contribution is 2.11. The van der Waals surface area contributed by atoms with Crippen molar-refractivity contribution in [1.29, 1.82) is 0 Å². The van der Waals surface area contributed by atoms with E-state index in [4.69, 9.17) is 4.74 Å². The average Bonchev–Trinajstić information content (AvgIpc) is 3.18. The summed E-state index contributed by atoms with van der Waals surface area (Å²) in [7, 11) is 0. The highest BCUT2D eigenvalue weighted by Gasteiger charge is 2.16. The van der Waals surface area contributed by atoms with Gasteiger partial charge in [-0.1, -0.05) is 30.3 Å². The molecule has 1 saturated heterocycles. The summed E-state index contributed by atoms with van der Waals surface area (Å²) in [5, 5.41) is 9.88. The number of amides is 2. The number of carbonyl (C=O) groups is 1. The van der Waals surface area contributed by atoms with Gasteiger partial charge in [0.25, 0.3) is 0 Å². The van der Waals surface area contributed by atoms with Gasteiger partial charge in [-0.3, -0.25) is 10.00 Å². The van der Waals surface area contributed by atoms with Gasteiger partial charge in [0, 0.05) is 25.4 Å². The van der Waals surface area contributed by atoms with Gasteiger partial charge in [-0.05, 0) is 18.4 Å². The van der Waals surface area contributed by atoms with Crippen LogP contribution >= 0.6 is 0 Å². The summed E-state index contributed by atoms with van der Waals surface area (Å²) in [6.07, 6.45) is 4.06. The van der Waals surface area contributed by atoms with Crippen LogP contribution in [0.4, 0.5) is 10.6 Å². The zero-order valence-corrected chi connectivity index (χ0v) is 12.4. The monoisotopic (exact) mass is 300 g/mol. The van der Waals surface area contributed by atoms with Crippen LogP contribution < -0.4 is 10.6 Å². The van der Waals surface area contributed by atoms with Crippen molar-refractivity contribution in [3.8, 4) is 0 Å². The third-order valence-corrected chi connectivity index (χ3v) is 3.58. The van der Waals surface area contributed by atoms with Gasteiger partial charge in [-0.25, -0.2) is 4.79 Å². The molecule has 1 aromatic carbocycles. The van der Waals surface area contributed by atoms with Crippen LogP contribution in [-0.4, -0.2) is 35.1 Å². The fourth-order valence-corrected chi connectivity index (χ4v) is 2.46. The van der Waals surface area contributed by atoms with Crippen molar-refractivity contribution in [3.63, 3.8) is 0 Å². The molecule has 2 aromatic rings. The van der Waals surface area contributed by atoms with E-state index < -0.39 is 0 Å². The van der Waals surface area contributed by atoms with Gasteiger partial charge in [0.05, 0.1) is 12.6 Å². The zero-order chi connectivity index (χ0) is 15.2. The Morgan fingerprint density at radius 2 is 2.18 bits per heavy atom. The Hall–Kier alpha value is -2.34. The normalized spacial score (nSPS) is 17.4. The molecule has 22 heavy (non-hydrogen) atoms. The number of carbonyl (C=O) groups excluding carboxylic acids is 1. The van der Waals surface area contributed by atoms with E-state index in [2.05, 4.69) is 15.7 Å². The second-order valence-corrected chi connectivity index (χ2v) is 5.35. The Kier molecular flexibility index (Phi) is 4.70. The minimum absolute atomic E-state index is 0.140. The topological polar surface area (TPSA) is 68.2 Å². The second-order valence-electron chi connectivity index (χ2n) is 5.35. The van der Waals surface area contributed by atoms with Crippen LogP contribution in [0.1, 0.15) is 18.4 Å². The summed E-state index contributed by atoms with van der Waals surface area (Å²) >= 11 is 0. The lowest BCUT2D eigenvalue weighted by molar-refractivity contribution is 0.112. The molecule has 2 N–H and O–H groups in total. The summed E-state index contributed by atoms with van der Waals surface area (Å²) in [4.78, 5) is 11.8. The Balaban J connectivity index is 1.47. The van der Waals surface area contributed by atoms with Crippen molar-refractivity contribution in [2.24, 2.45) is 0 Å². The van der Waals surface area contributed by atoms with E-state index in [1.807, 2.05) is 36.5 Å². The first kappa shape index (κ1) is 14.6. The summed E-state index contributed by atoms with van der Waals surface area (Å²) in [5.74, 6) is 0.542. The number of ether oxygens (including phenoxy) is 1. The van der Waals surface area contributed by atoms with Gasteiger partial charge >= 0.3 is 6.03 Å². The minimum atomic E-state index is -0.250. The Morgan fingerprint density at radius 1 is 1.32 bits per heavy atom. The highest BCUT2D eigenvalue weighted by molar-refractivity contribution is 5.88. The molecule has 0 radical (unpaired) electrons. The molecule has 1 aliphatic heterocycles. The van der Waals surface area contributed by atoms with Crippen LogP contribution in [0.25, 0.3) is 0 Å². The number of urea groups is 1. The number of nitrogens with zero attached hydrogens (tertiary/aromatic N) is 2. The third-order valence-electron chi connectivity index (χ3n) is 3.58. The maximum atomic E-state index is 11.8. The molecule has 0 bridgehead atoms. The fourth-order valence-electron chi connectivity index (χ4n) is 2.46.